The van der Waals surface area contributed by atoms with E-state index in [1.807, 2.05) is 28.0 Å². The Balaban J connectivity index is 1.39. The molecule has 3 aliphatic rings. The Kier molecular flexibility index (Phi) is 7.60. The number of likely N-dealkylation sites (tertiary alicyclic amines) is 1. The van der Waals surface area contributed by atoms with Gasteiger partial charge in [-0.25, -0.2) is 0 Å². The molecule has 190 valence electrons. The molecule has 1 saturated carbocycles. The van der Waals surface area contributed by atoms with Crippen LogP contribution in [0.2, 0.25) is 0 Å². The van der Waals surface area contributed by atoms with Gasteiger partial charge < -0.3 is 20.0 Å². The number of amides is 3. The van der Waals surface area contributed by atoms with Gasteiger partial charge in [0.2, 0.25) is 11.8 Å². The fraction of sp³-hybridized carbons (Fsp3) is 0.500. The summed E-state index contributed by atoms with van der Waals surface area (Å²) in [5.74, 6) is 0.0329. The zero-order valence-corrected chi connectivity index (χ0v) is 20.7. The maximum atomic E-state index is 13.7. The first-order valence-corrected chi connectivity index (χ1v) is 13.2. The molecule has 2 aliphatic heterocycles. The summed E-state index contributed by atoms with van der Waals surface area (Å²) in [6.45, 7) is 3.91. The number of benzene rings is 1. The molecule has 1 N–H and O–H groups in total. The van der Waals surface area contributed by atoms with Crippen LogP contribution in [0.3, 0.4) is 0 Å². The molecule has 1 aromatic carbocycles. The van der Waals surface area contributed by atoms with E-state index in [4.69, 9.17) is 0 Å². The molecule has 2 atom stereocenters. The zero-order chi connectivity index (χ0) is 24.9. The first-order chi connectivity index (χ1) is 17.6. The van der Waals surface area contributed by atoms with Crippen LogP contribution in [-0.2, 0) is 16.0 Å². The van der Waals surface area contributed by atoms with Crippen molar-refractivity contribution < 1.29 is 14.4 Å². The van der Waals surface area contributed by atoms with Gasteiger partial charge in [0, 0.05) is 51.0 Å². The van der Waals surface area contributed by atoms with Gasteiger partial charge in [0.05, 0.1) is 11.6 Å². The first-order valence-electron chi connectivity index (χ1n) is 13.2. The summed E-state index contributed by atoms with van der Waals surface area (Å²) < 4.78 is 0. The van der Waals surface area contributed by atoms with E-state index in [1.54, 1.807) is 29.4 Å². The van der Waals surface area contributed by atoms with Gasteiger partial charge in [0.15, 0.2) is 0 Å². The van der Waals surface area contributed by atoms with Gasteiger partial charge in [-0.05, 0) is 56.3 Å². The van der Waals surface area contributed by atoms with Gasteiger partial charge in [0.25, 0.3) is 5.91 Å². The number of hydrogen-bond acceptors (Lipinski definition) is 5. The van der Waals surface area contributed by atoms with E-state index in [-0.39, 0.29) is 29.7 Å². The van der Waals surface area contributed by atoms with E-state index >= 15 is 0 Å². The Hall–Kier alpha value is -3.26. The highest BCUT2D eigenvalue weighted by atomic mass is 16.2. The molecule has 3 fully saturated rings. The van der Waals surface area contributed by atoms with Crippen LogP contribution in [0, 0.1) is 5.92 Å². The van der Waals surface area contributed by atoms with Crippen LogP contribution in [0.1, 0.15) is 41.6 Å². The number of hydrogen-bond donors (Lipinski definition) is 1. The van der Waals surface area contributed by atoms with Crippen LogP contribution in [0.5, 0.6) is 0 Å². The number of nitrogens with zero attached hydrogens (tertiary/aromatic N) is 4. The second-order valence-corrected chi connectivity index (χ2v) is 10.1. The normalized spacial score (nSPS) is 22.2. The smallest absolute Gasteiger partial charge is 0.256 e. The summed E-state index contributed by atoms with van der Waals surface area (Å²) in [5.41, 5.74) is 1.65. The largest absolute Gasteiger partial charge is 0.340 e. The Bertz CT molecular complexity index is 1050. The molecule has 0 bridgehead atoms. The lowest BCUT2D eigenvalue weighted by Gasteiger charge is -2.29. The van der Waals surface area contributed by atoms with Crippen LogP contribution in [-0.4, -0.2) is 88.8 Å². The second kappa shape index (κ2) is 11.2. The van der Waals surface area contributed by atoms with Gasteiger partial charge >= 0.3 is 0 Å². The van der Waals surface area contributed by atoms with Crippen molar-refractivity contribution in [3.63, 3.8) is 0 Å². The average Bonchev–Trinajstić information content (AvgIpc) is 3.73. The van der Waals surface area contributed by atoms with Crippen molar-refractivity contribution in [3.05, 3.63) is 66.0 Å². The lowest BCUT2D eigenvalue weighted by atomic mass is 10.1. The molecular formula is C28H35N5O3. The summed E-state index contributed by atoms with van der Waals surface area (Å²) in [5, 5.41) is 3.34. The van der Waals surface area contributed by atoms with Crippen molar-refractivity contribution in [1.82, 2.24) is 25.0 Å². The second-order valence-electron chi connectivity index (χ2n) is 10.1. The summed E-state index contributed by atoms with van der Waals surface area (Å²) in [6, 6.07) is 12.9. The van der Waals surface area contributed by atoms with Crippen LogP contribution in [0.15, 0.2) is 54.9 Å². The molecule has 1 aliphatic carbocycles. The quantitative estimate of drug-likeness (QED) is 0.643. The van der Waals surface area contributed by atoms with Gasteiger partial charge in [-0.2, -0.15) is 0 Å². The monoisotopic (exact) mass is 489 g/mol. The van der Waals surface area contributed by atoms with Crippen molar-refractivity contribution in [1.29, 1.82) is 0 Å². The van der Waals surface area contributed by atoms with E-state index in [0.29, 0.717) is 38.2 Å². The van der Waals surface area contributed by atoms with Gasteiger partial charge in [0.1, 0.15) is 6.04 Å². The minimum absolute atomic E-state index is 0.0136. The molecule has 2 unspecified atom stereocenters. The molecule has 3 amide bonds. The summed E-state index contributed by atoms with van der Waals surface area (Å²) in [4.78, 5) is 50.4. The Morgan fingerprint density at radius 3 is 2.61 bits per heavy atom. The van der Waals surface area contributed by atoms with Crippen LogP contribution in [0.4, 0.5) is 0 Å². The van der Waals surface area contributed by atoms with E-state index in [9.17, 15) is 14.4 Å². The highest BCUT2D eigenvalue weighted by Crippen LogP contribution is 2.34. The minimum Gasteiger partial charge on any atom is -0.340 e. The highest BCUT2D eigenvalue weighted by Gasteiger charge is 2.46. The number of aromatic nitrogens is 1. The van der Waals surface area contributed by atoms with E-state index in [2.05, 4.69) is 22.4 Å². The summed E-state index contributed by atoms with van der Waals surface area (Å²) in [6.07, 6.45) is 7.15. The summed E-state index contributed by atoms with van der Waals surface area (Å²) >= 11 is 0. The third-order valence-corrected chi connectivity index (χ3v) is 7.52. The van der Waals surface area contributed by atoms with Crippen LogP contribution < -0.4 is 5.32 Å². The minimum atomic E-state index is -0.577. The topological polar surface area (TPSA) is 85.9 Å². The number of carbonyl (C=O) groups is 3. The van der Waals surface area contributed by atoms with E-state index < -0.39 is 6.04 Å². The Morgan fingerprint density at radius 2 is 1.86 bits per heavy atom. The molecule has 3 heterocycles. The highest BCUT2D eigenvalue weighted by molar-refractivity contribution is 5.98. The lowest BCUT2D eigenvalue weighted by molar-refractivity contribution is -0.136. The zero-order valence-electron chi connectivity index (χ0n) is 20.7. The Morgan fingerprint density at radius 1 is 1.03 bits per heavy atom. The maximum Gasteiger partial charge on any atom is 0.256 e. The predicted octanol–water partition coefficient (Wildman–Crippen LogP) is 1.97. The van der Waals surface area contributed by atoms with E-state index in [1.165, 1.54) is 5.56 Å². The fourth-order valence-electron chi connectivity index (χ4n) is 5.36. The average molecular weight is 490 g/mol. The first kappa shape index (κ1) is 24.4. The van der Waals surface area contributed by atoms with Crippen LogP contribution in [0.25, 0.3) is 0 Å². The van der Waals surface area contributed by atoms with Gasteiger partial charge in [-0.15, -0.1) is 0 Å². The standard InChI is InChI=1S/C28H35N5O3/c34-26(22-9-10-22)32(16-11-21-6-2-1-3-7-21)24-18-25(28(36)31-15-5-13-29-14-17-31)33(20-24)27(35)23-8-4-12-30-19-23/h1-4,6-8,12,19,22,24-25,29H,5,9-11,13-18,20H2. The van der Waals surface area contributed by atoms with Gasteiger partial charge in [-0.3, -0.25) is 19.4 Å². The van der Waals surface area contributed by atoms with Crippen molar-refractivity contribution in [2.45, 2.75) is 44.2 Å². The van der Waals surface area contributed by atoms with E-state index in [0.717, 1.165) is 38.8 Å². The lowest BCUT2D eigenvalue weighted by Crippen LogP contribution is -2.48. The molecule has 2 saturated heterocycles. The predicted molar refractivity (Wildman–Crippen MR) is 136 cm³/mol. The molecule has 0 radical (unpaired) electrons. The molecule has 0 spiro atoms. The number of pyridine rings is 1. The van der Waals surface area contributed by atoms with Crippen molar-refractivity contribution in [3.8, 4) is 0 Å². The third-order valence-electron chi connectivity index (χ3n) is 7.52. The summed E-state index contributed by atoms with van der Waals surface area (Å²) in [7, 11) is 0. The molecular weight excluding hydrogens is 454 g/mol. The van der Waals surface area contributed by atoms with Crippen molar-refractivity contribution in [2.75, 3.05) is 39.3 Å². The van der Waals surface area contributed by atoms with Crippen molar-refractivity contribution >= 4 is 17.7 Å². The molecule has 5 rings (SSSR count). The van der Waals surface area contributed by atoms with Crippen LogP contribution >= 0.6 is 0 Å². The molecule has 36 heavy (non-hydrogen) atoms. The molecule has 2 aromatic rings. The van der Waals surface area contributed by atoms with Crippen molar-refractivity contribution in [2.24, 2.45) is 5.92 Å². The fourth-order valence-corrected chi connectivity index (χ4v) is 5.36. The number of carbonyl (C=O) groups excluding carboxylic acids is 3. The molecule has 8 heteroatoms. The number of nitrogens with one attached hydrogen (secondary N) is 1. The number of rotatable bonds is 7. The molecule has 1 aromatic heterocycles. The SMILES string of the molecule is O=C(C1CC(N(CCc2ccccc2)C(=O)C2CC2)CN1C(=O)c1cccnc1)N1CCCNCC1. The maximum absolute atomic E-state index is 13.7. The Labute approximate surface area is 212 Å². The third kappa shape index (κ3) is 5.59. The van der Waals surface area contributed by atoms with Gasteiger partial charge in [-0.1, -0.05) is 30.3 Å². The molecule has 8 nitrogen and oxygen atoms in total.